The van der Waals surface area contributed by atoms with Crippen molar-refractivity contribution in [2.24, 2.45) is 0 Å². The number of nitrogens with zero attached hydrogens (tertiary/aromatic N) is 4. The molecule has 0 saturated carbocycles. The zero-order valence-corrected chi connectivity index (χ0v) is 20.3. The van der Waals surface area contributed by atoms with Crippen LogP contribution in [0.3, 0.4) is 0 Å². The minimum absolute atomic E-state index is 0.0482. The number of halogens is 3. The number of carbonyl (C=O) groups is 1. The van der Waals surface area contributed by atoms with E-state index in [1.54, 1.807) is 0 Å². The molecule has 9 heteroatoms. The number of anilines is 1. The molecule has 1 aromatic heterocycles. The molecule has 1 saturated heterocycles. The summed E-state index contributed by atoms with van der Waals surface area (Å²) in [4.78, 5) is 21.7. The fourth-order valence-electron chi connectivity index (χ4n) is 4.73. The van der Waals surface area contributed by atoms with Gasteiger partial charge in [0.05, 0.1) is 35.4 Å². The van der Waals surface area contributed by atoms with Crippen molar-refractivity contribution in [2.75, 3.05) is 38.0 Å². The normalized spacial score (nSPS) is 15.2. The first-order valence-corrected chi connectivity index (χ1v) is 12.3. The van der Waals surface area contributed by atoms with Gasteiger partial charge in [-0.3, -0.25) is 14.6 Å². The maximum atomic E-state index is 13.2. The van der Waals surface area contributed by atoms with Crippen molar-refractivity contribution in [3.8, 4) is 0 Å². The van der Waals surface area contributed by atoms with Crippen LogP contribution in [0.1, 0.15) is 17.0 Å². The van der Waals surface area contributed by atoms with Crippen molar-refractivity contribution in [1.29, 1.82) is 0 Å². The summed E-state index contributed by atoms with van der Waals surface area (Å²) >= 11 is 0. The van der Waals surface area contributed by atoms with Gasteiger partial charge in [-0.2, -0.15) is 13.2 Å². The lowest BCUT2D eigenvalue weighted by atomic mass is 10.1. The van der Waals surface area contributed by atoms with E-state index < -0.39 is 17.6 Å². The average Bonchev–Trinajstić information content (AvgIpc) is 3.22. The molecule has 1 amide bonds. The second-order valence-corrected chi connectivity index (χ2v) is 9.23. The Kier molecular flexibility index (Phi) is 7.25. The lowest BCUT2D eigenvalue weighted by Crippen LogP contribution is -2.48. The van der Waals surface area contributed by atoms with Crippen molar-refractivity contribution < 1.29 is 18.0 Å². The predicted octanol–water partition coefficient (Wildman–Crippen LogP) is 4.86. The number of amides is 1. The Morgan fingerprint density at radius 1 is 0.811 bits per heavy atom. The number of hydrogen-bond acceptors (Lipinski definition) is 4. The minimum Gasteiger partial charge on any atom is -0.324 e. The summed E-state index contributed by atoms with van der Waals surface area (Å²) < 4.78 is 41.9. The van der Waals surface area contributed by atoms with Crippen LogP contribution in [0.2, 0.25) is 0 Å². The zero-order chi connectivity index (χ0) is 25.8. The Labute approximate surface area is 213 Å². The summed E-state index contributed by atoms with van der Waals surface area (Å²) in [5.41, 5.74) is 2.20. The van der Waals surface area contributed by atoms with E-state index in [1.165, 1.54) is 23.8 Å². The van der Waals surface area contributed by atoms with E-state index in [2.05, 4.69) is 33.0 Å². The molecule has 5 rings (SSSR count). The lowest BCUT2D eigenvalue weighted by Gasteiger charge is -2.34. The van der Waals surface area contributed by atoms with E-state index in [-0.39, 0.29) is 12.2 Å². The van der Waals surface area contributed by atoms with Crippen LogP contribution in [0.4, 0.5) is 18.9 Å². The van der Waals surface area contributed by atoms with Gasteiger partial charge in [-0.1, -0.05) is 54.6 Å². The number of fused-ring (bicyclic) bond motifs is 1. The number of nitrogens with one attached hydrogen (secondary N) is 1. The SMILES string of the molecule is O=C(CN1CCN(Cc2nc3ccccc3n2Cc2ccccc2)CC1)Nc1ccccc1C(F)(F)F. The standard InChI is InChI=1S/C28H28F3N5O/c29-28(30,31)22-10-4-5-11-23(22)33-27(37)20-35-16-14-34(15-17-35)19-26-32-24-12-6-7-13-25(24)36(26)18-21-8-2-1-3-9-21/h1-13H,14-20H2,(H,33,37). The van der Waals surface area contributed by atoms with E-state index in [1.807, 2.05) is 41.3 Å². The summed E-state index contributed by atoms with van der Waals surface area (Å²) in [6, 6.07) is 23.4. The van der Waals surface area contributed by atoms with Crippen LogP contribution in [0.15, 0.2) is 78.9 Å². The van der Waals surface area contributed by atoms with Crippen LogP contribution < -0.4 is 5.32 Å². The van der Waals surface area contributed by atoms with Crippen LogP contribution in [0, 0.1) is 0 Å². The van der Waals surface area contributed by atoms with Gasteiger partial charge in [0.25, 0.3) is 0 Å². The van der Waals surface area contributed by atoms with Gasteiger partial charge < -0.3 is 9.88 Å². The van der Waals surface area contributed by atoms with Gasteiger partial charge in [0.15, 0.2) is 0 Å². The molecule has 1 N–H and O–H groups in total. The average molecular weight is 508 g/mol. The fraction of sp³-hybridized carbons (Fsp3) is 0.286. The highest BCUT2D eigenvalue weighted by Gasteiger charge is 2.33. The molecular weight excluding hydrogens is 479 g/mol. The molecule has 4 aromatic rings. The van der Waals surface area contributed by atoms with Crippen LogP contribution in [-0.2, 0) is 24.1 Å². The van der Waals surface area contributed by atoms with E-state index in [9.17, 15) is 18.0 Å². The summed E-state index contributed by atoms with van der Waals surface area (Å²) in [5.74, 6) is 0.537. The third kappa shape index (κ3) is 6.00. The van der Waals surface area contributed by atoms with Gasteiger partial charge in [0.1, 0.15) is 5.82 Å². The Balaban J connectivity index is 1.20. The van der Waals surface area contributed by atoms with Crippen molar-refractivity contribution >= 4 is 22.6 Å². The summed E-state index contributed by atoms with van der Waals surface area (Å²) in [7, 11) is 0. The molecule has 1 aliphatic rings. The van der Waals surface area contributed by atoms with Crippen molar-refractivity contribution in [2.45, 2.75) is 19.3 Å². The number of para-hydroxylation sites is 3. The molecule has 1 fully saturated rings. The number of imidazole rings is 1. The summed E-state index contributed by atoms with van der Waals surface area (Å²) in [6.07, 6.45) is -4.52. The summed E-state index contributed by atoms with van der Waals surface area (Å²) in [5, 5.41) is 2.43. The first kappa shape index (κ1) is 25.0. The van der Waals surface area contributed by atoms with Crippen LogP contribution >= 0.6 is 0 Å². The van der Waals surface area contributed by atoms with Crippen LogP contribution in [0.5, 0.6) is 0 Å². The molecule has 0 radical (unpaired) electrons. The zero-order valence-electron chi connectivity index (χ0n) is 20.3. The topological polar surface area (TPSA) is 53.4 Å². The molecule has 37 heavy (non-hydrogen) atoms. The first-order valence-electron chi connectivity index (χ1n) is 12.3. The lowest BCUT2D eigenvalue weighted by molar-refractivity contribution is -0.137. The highest BCUT2D eigenvalue weighted by Crippen LogP contribution is 2.34. The van der Waals surface area contributed by atoms with Gasteiger partial charge in [-0.25, -0.2) is 4.98 Å². The molecule has 6 nitrogen and oxygen atoms in total. The Hall–Kier alpha value is -3.69. The minimum atomic E-state index is -4.52. The van der Waals surface area contributed by atoms with Gasteiger partial charge >= 0.3 is 6.18 Å². The van der Waals surface area contributed by atoms with Gasteiger partial charge in [-0.15, -0.1) is 0 Å². The summed E-state index contributed by atoms with van der Waals surface area (Å²) in [6.45, 7) is 4.23. The third-order valence-electron chi connectivity index (χ3n) is 6.62. The van der Waals surface area contributed by atoms with E-state index in [0.717, 1.165) is 42.6 Å². The number of carbonyl (C=O) groups excluding carboxylic acids is 1. The molecular formula is C28H28F3N5O. The largest absolute Gasteiger partial charge is 0.418 e. The molecule has 3 aromatic carbocycles. The highest BCUT2D eigenvalue weighted by molar-refractivity contribution is 5.93. The number of hydrogen-bond donors (Lipinski definition) is 1. The van der Waals surface area contributed by atoms with Crippen molar-refractivity contribution in [1.82, 2.24) is 19.4 Å². The Bertz CT molecular complexity index is 1360. The van der Waals surface area contributed by atoms with Crippen LogP contribution in [-0.4, -0.2) is 58.0 Å². The van der Waals surface area contributed by atoms with E-state index in [0.29, 0.717) is 19.6 Å². The smallest absolute Gasteiger partial charge is 0.324 e. The molecule has 2 heterocycles. The third-order valence-corrected chi connectivity index (χ3v) is 6.62. The highest BCUT2D eigenvalue weighted by atomic mass is 19.4. The van der Waals surface area contributed by atoms with Gasteiger partial charge in [0.2, 0.25) is 5.91 Å². The quantitative estimate of drug-likeness (QED) is 0.388. The van der Waals surface area contributed by atoms with Gasteiger partial charge in [0, 0.05) is 32.7 Å². The number of piperazine rings is 1. The number of alkyl halides is 3. The maximum Gasteiger partial charge on any atom is 0.418 e. The van der Waals surface area contributed by atoms with Crippen molar-refractivity contribution in [3.63, 3.8) is 0 Å². The molecule has 0 unspecified atom stereocenters. The molecule has 0 aliphatic carbocycles. The number of rotatable bonds is 7. The Morgan fingerprint density at radius 3 is 2.22 bits per heavy atom. The van der Waals surface area contributed by atoms with E-state index in [4.69, 9.17) is 4.98 Å². The fourth-order valence-corrected chi connectivity index (χ4v) is 4.73. The Morgan fingerprint density at radius 2 is 1.46 bits per heavy atom. The molecule has 1 aliphatic heterocycles. The van der Waals surface area contributed by atoms with Crippen LogP contribution in [0.25, 0.3) is 11.0 Å². The van der Waals surface area contributed by atoms with E-state index >= 15 is 0 Å². The first-order chi connectivity index (χ1) is 17.9. The van der Waals surface area contributed by atoms with Gasteiger partial charge in [-0.05, 0) is 29.8 Å². The molecule has 0 bridgehead atoms. The number of aromatic nitrogens is 2. The maximum absolute atomic E-state index is 13.2. The molecule has 0 spiro atoms. The second-order valence-electron chi connectivity index (χ2n) is 9.23. The second kappa shape index (κ2) is 10.7. The monoisotopic (exact) mass is 507 g/mol. The van der Waals surface area contributed by atoms with Crippen molar-refractivity contribution in [3.05, 3.63) is 95.8 Å². The predicted molar refractivity (Wildman–Crippen MR) is 137 cm³/mol. The molecule has 192 valence electrons. The molecule has 0 atom stereocenters. The number of benzene rings is 3.